The van der Waals surface area contributed by atoms with Crippen LogP contribution in [0, 0.1) is 6.92 Å². The Hall–Kier alpha value is 0.420. The van der Waals surface area contributed by atoms with Gasteiger partial charge in [0.1, 0.15) is 18.5 Å². The number of ether oxygens (including phenoxy) is 2. The Kier molecular flexibility index (Phi) is 3.75. The number of aryl methyl sites for hydroxylation is 1. The van der Waals surface area contributed by atoms with Crippen molar-refractivity contribution in [3.8, 4) is 5.75 Å². The molecule has 0 bridgehead atoms. The lowest BCUT2D eigenvalue weighted by atomic mass is 10.2. The highest BCUT2D eigenvalue weighted by Gasteiger charge is 2.24. The maximum atomic E-state index is 5.68. The van der Waals surface area contributed by atoms with Gasteiger partial charge in [-0.25, -0.2) is 0 Å². The number of rotatable bonds is 3. The SMILES string of the molecule is Cc1cc(Br)c(OCC2CO2)c(Br)c1Br. The quantitative estimate of drug-likeness (QED) is 0.563. The van der Waals surface area contributed by atoms with Crippen LogP contribution in [0.5, 0.6) is 5.75 Å². The average molecular weight is 401 g/mol. The fourth-order valence-electron chi connectivity index (χ4n) is 1.17. The van der Waals surface area contributed by atoms with Gasteiger partial charge in [0.15, 0.2) is 0 Å². The zero-order valence-electron chi connectivity index (χ0n) is 8.02. The molecule has 0 amide bonds. The highest BCUT2D eigenvalue weighted by Crippen LogP contribution is 2.41. The number of benzene rings is 1. The molecule has 0 saturated carbocycles. The fourth-order valence-corrected chi connectivity index (χ4v) is 3.03. The Balaban J connectivity index is 2.23. The normalized spacial score (nSPS) is 19.1. The average Bonchev–Trinajstić information content (AvgIpc) is 2.98. The molecule has 1 atom stereocenters. The van der Waals surface area contributed by atoms with Crippen LogP contribution in [0.15, 0.2) is 19.5 Å². The van der Waals surface area contributed by atoms with Gasteiger partial charge in [0.25, 0.3) is 0 Å². The molecule has 5 heteroatoms. The van der Waals surface area contributed by atoms with Gasteiger partial charge in [-0.05, 0) is 66.3 Å². The Bertz CT molecular complexity index is 389. The van der Waals surface area contributed by atoms with Crippen molar-refractivity contribution >= 4 is 47.8 Å². The summed E-state index contributed by atoms with van der Waals surface area (Å²) in [5, 5.41) is 0. The van der Waals surface area contributed by atoms with Gasteiger partial charge in [-0.15, -0.1) is 0 Å². The summed E-state index contributed by atoms with van der Waals surface area (Å²) in [4.78, 5) is 0. The highest BCUT2D eigenvalue weighted by atomic mass is 79.9. The zero-order chi connectivity index (χ0) is 11.0. The van der Waals surface area contributed by atoms with Crippen molar-refractivity contribution in [1.29, 1.82) is 0 Å². The topological polar surface area (TPSA) is 21.8 Å². The van der Waals surface area contributed by atoms with Gasteiger partial charge in [0.2, 0.25) is 0 Å². The maximum Gasteiger partial charge on any atom is 0.148 e. The first-order chi connectivity index (χ1) is 7.09. The van der Waals surface area contributed by atoms with Crippen LogP contribution in [-0.4, -0.2) is 19.3 Å². The summed E-state index contributed by atoms with van der Waals surface area (Å²) < 4.78 is 13.7. The fraction of sp³-hybridized carbons (Fsp3) is 0.400. The van der Waals surface area contributed by atoms with E-state index in [1.807, 2.05) is 13.0 Å². The van der Waals surface area contributed by atoms with Crippen molar-refractivity contribution in [2.45, 2.75) is 13.0 Å². The molecule has 0 spiro atoms. The summed E-state index contributed by atoms with van der Waals surface area (Å²) >= 11 is 10.5. The second-order valence-electron chi connectivity index (χ2n) is 3.40. The molecule has 1 aromatic rings. The molecular weight excluding hydrogens is 392 g/mol. The first-order valence-electron chi connectivity index (χ1n) is 4.48. The van der Waals surface area contributed by atoms with E-state index < -0.39 is 0 Å². The molecule has 1 unspecified atom stereocenters. The molecule has 1 aromatic carbocycles. The lowest BCUT2D eigenvalue weighted by Gasteiger charge is -2.12. The molecule has 0 N–H and O–H groups in total. The summed E-state index contributed by atoms with van der Waals surface area (Å²) in [7, 11) is 0. The third kappa shape index (κ3) is 2.75. The van der Waals surface area contributed by atoms with E-state index in [2.05, 4.69) is 47.8 Å². The molecule has 15 heavy (non-hydrogen) atoms. The first-order valence-corrected chi connectivity index (χ1v) is 6.86. The van der Waals surface area contributed by atoms with Gasteiger partial charge < -0.3 is 9.47 Å². The summed E-state index contributed by atoms with van der Waals surface area (Å²) in [6.45, 7) is 3.45. The Morgan fingerprint density at radius 3 is 2.67 bits per heavy atom. The van der Waals surface area contributed by atoms with Crippen LogP contribution in [0.1, 0.15) is 5.56 Å². The van der Waals surface area contributed by atoms with Crippen LogP contribution >= 0.6 is 47.8 Å². The van der Waals surface area contributed by atoms with Gasteiger partial charge in [-0.1, -0.05) is 0 Å². The van der Waals surface area contributed by atoms with Gasteiger partial charge in [0.05, 0.1) is 15.6 Å². The predicted molar refractivity (Wildman–Crippen MR) is 69.5 cm³/mol. The number of halogens is 3. The molecule has 1 aliphatic heterocycles. The van der Waals surface area contributed by atoms with E-state index >= 15 is 0 Å². The van der Waals surface area contributed by atoms with Crippen molar-refractivity contribution < 1.29 is 9.47 Å². The second kappa shape index (κ2) is 4.73. The maximum absolute atomic E-state index is 5.68. The van der Waals surface area contributed by atoms with Crippen LogP contribution < -0.4 is 4.74 Å². The van der Waals surface area contributed by atoms with Crippen molar-refractivity contribution in [2.24, 2.45) is 0 Å². The van der Waals surface area contributed by atoms with Crippen LogP contribution in [0.4, 0.5) is 0 Å². The lowest BCUT2D eigenvalue weighted by molar-refractivity contribution is 0.260. The van der Waals surface area contributed by atoms with Crippen molar-refractivity contribution in [3.05, 3.63) is 25.0 Å². The van der Waals surface area contributed by atoms with E-state index in [-0.39, 0.29) is 6.10 Å². The molecule has 1 aliphatic rings. The Morgan fingerprint density at radius 2 is 2.07 bits per heavy atom. The van der Waals surface area contributed by atoms with Gasteiger partial charge in [0, 0.05) is 4.47 Å². The molecule has 2 rings (SSSR count). The molecule has 1 heterocycles. The third-order valence-electron chi connectivity index (χ3n) is 2.11. The lowest BCUT2D eigenvalue weighted by Crippen LogP contribution is -2.05. The van der Waals surface area contributed by atoms with Crippen LogP contribution in [0.3, 0.4) is 0 Å². The van der Waals surface area contributed by atoms with E-state index in [0.717, 1.165) is 31.3 Å². The molecule has 0 radical (unpaired) electrons. The van der Waals surface area contributed by atoms with Gasteiger partial charge in [-0.2, -0.15) is 0 Å². The first kappa shape index (κ1) is 11.9. The van der Waals surface area contributed by atoms with Crippen molar-refractivity contribution in [2.75, 3.05) is 13.2 Å². The monoisotopic (exact) mass is 398 g/mol. The minimum atomic E-state index is 0.267. The number of epoxide rings is 1. The van der Waals surface area contributed by atoms with E-state index in [1.54, 1.807) is 0 Å². The van der Waals surface area contributed by atoms with Crippen LogP contribution in [-0.2, 0) is 4.74 Å². The summed E-state index contributed by atoms with van der Waals surface area (Å²) in [5.74, 6) is 0.822. The number of hydrogen-bond acceptors (Lipinski definition) is 2. The van der Waals surface area contributed by atoms with E-state index in [0.29, 0.717) is 6.61 Å². The molecule has 0 aromatic heterocycles. The Labute approximate surface area is 114 Å². The molecule has 2 nitrogen and oxygen atoms in total. The van der Waals surface area contributed by atoms with E-state index in [9.17, 15) is 0 Å². The minimum Gasteiger partial charge on any atom is -0.488 e. The molecule has 1 fully saturated rings. The van der Waals surface area contributed by atoms with Crippen LogP contribution in [0.25, 0.3) is 0 Å². The summed E-state index contributed by atoms with van der Waals surface area (Å²) in [6, 6.07) is 2.03. The van der Waals surface area contributed by atoms with E-state index in [1.165, 1.54) is 0 Å². The largest absolute Gasteiger partial charge is 0.488 e. The van der Waals surface area contributed by atoms with E-state index in [4.69, 9.17) is 9.47 Å². The molecule has 1 saturated heterocycles. The van der Waals surface area contributed by atoms with Crippen LogP contribution in [0.2, 0.25) is 0 Å². The van der Waals surface area contributed by atoms with Gasteiger partial charge >= 0.3 is 0 Å². The Morgan fingerprint density at radius 1 is 1.40 bits per heavy atom. The zero-order valence-corrected chi connectivity index (χ0v) is 12.8. The van der Waals surface area contributed by atoms with Crippen molar-refractivity contribution in [1.82, 2.24) is 0 Å². The molecular formula is C10H9Br3O2. The highest BCUT2D eigenvalue weighted by molar-refractivity contribution is 9.13. The number of hydrogen-bond donors (Lipinski definition) is 0. The second-order valence-corrected chi connectivity index (χ2v) is 5.84. The van der Waals surface area contributed by atoms with Gasteiger partial charge in [-0.3, -0.25) is 0 Å². The molecule has 0 aliphatic carbocycles. The predicted octanol–water partition coefficient (Wildman–Crippen LogP) is 4.06. The summed E-state index contributed by atoms with van der Waals surface area (Å²) in [6.07, 6.45) is 0.267. The molecule has 82 valence electrons. The summed E-state index contributed by atoms with van der Waals surface area (Å²) in [5.41, 5.74) is 1.16. The standard InChI is InChI=1S/C10H9Br3O2/c1-5-2-7(11)10(9(13)8(5)12)15-4-6-3-14-6/h2,6H,3-4H2,1H3. The smallest absolute Gasteiger partial charge is 0.148 e. The van der Waals surface area contributed by atoms with Crippen molar-refractivity contribution in [3.63, 3.8) is 0 Å². The minimum absolute atomic E-state index is 0.267. The third-order valence-corrected chi connectivity index (χ3v) is 5.01.